The number of pyridine rings is 1. The fourth-order valence-corrected chi connectivity index (χ4v) is 2.24. The van der Waals surface area contributed by atoms with Crippen LogP contribution in [-0.2, 0) is 12.7 Å². The molecular weight excluding hydrogens is 333 g/mol. The molecule has 0 saturated carbocycles. The summed E-state index contributed by atoms with van der Waals surface area (Å²) in [5, 5.41) is 2.96. The molecule has 1 aromatic carbocycles. The van der Waals surface area contributed by atoms with Crippen LogP contribution in [0, 0.1) is 6.92 Å². The van der Waals surface area contributed by atoms with Crippen molar-refractivity contribution in [1.82, 2.24) is 4.98 Å². The molecule has 1 aromatic heterocycles. The summed E-state index contributed by atoms with van der Waals surface area (Å²) in [7, 11) is 0. The molecule has 0 radical (unpaired) electrons. The van der Waals surface area contributed by atoms with Gasteiger partial charge in [-0.2, -0.15) is 13.2 Å². The zero-order valence-electron chi connectivity index (χ0n) is 10.6. The number of halogens is 4. The highest BCUT2D eigenvalue weighted by Gasteiger charge is 2.31. The van der Waals surface area contributed by atoms with Crippen molar-refractivity contribution < 1.29 is 13.2 Å². The van der Waals surface area contributed by atoms with Crippen LogP contribution in [0.25, 0.3) is 0 Å². The molecule has 0 aliphatic heterocycles. The van der Waals surface area contributed by atoms with Gasteiger partial charge in [0.15, 0.2) is 0 Å². The topological polar surface area (TPSA) is 24.9 Å². The van der Waals surface area contributed by atoms with E-state index < -0.39 is 11.7 Å². The zero-order chi connectivity index (χ0) is 14.8. The number of rotatable bonds is 3. The SMILES string of the molecule is Cc1cccnc1CNc1cc(Br)cc(C(F)(F)F)c1. The lowest BCUT2D eigenvalue weighted by atomic mass is 10.2. The molecule has 0 saturated heterocycles. The molecule has 0 aliphatic rings. The Morgan fingerprint density at radius 3 is 2.65 bits per heavy atom. The Morgan fingerprint density at radius 2 is 2.00 bits per heavy atom. The molecule has 0 fully saturated rings. The van der Waals surface area contributed by atoms with Gasteiger partial charge in [-0.25, -0.2) is 0 Å². The first kappa shape index (κ1) is 14.8. The van der Waals surface area contributed by atoms with Gasteiger partial charge in [0.05, 0.1) is 17.8 Å². The van der Waals surface area contributed by atoms with E-state index >= 15 is 0 Å². The summed E-state index contributed by atoms with van der Waals surface area (Å²) in [5.74, 6) is 0. The van der Waals surface area contributed by atoms with Gasteiger partial charge in [-0.3, -0.25) is 4.98 Å². The Kier molecular flexibility index (Phi) is 4.32. The van der Waals surface area contributed by atoms with Crippen LogP contribution in [0.5, 0.6) is 0 Å². The third kappa shape index (κ3) is 3.72. The van der Waals surface area contributed by atoms with Gasteiger partial charge in [0.25, 0.3) is 0 Å². The van der Waals surface area contributed by atoms with Crippen molar-refractivity contribution in [2.75, 3.05) is 5.32 Å². The molecule has 0 spiro atoms. The second-order valence-electron chi connectivity index (χ2n) is 4.35. The van der Waals surface area contributed by atoms with Crippen LogP contribution in [0.2, 0.25) is 0 Å². The van der Waals surface area contributed by atoms with Crippen molar-refractivity contribution in [2.24, 2.45) is 0 Å². The van der Waals surface area contributed by atoms with Gasteiger partial charge in [-0.05, 0) is 36.8 Å². The second-order valence-corrected chi connectivity index (χ2v) is 5.26. The maximum atomic E-state index is 12.7. The standard InChI is InChI=1S/C14H12BrF3N2/c1-9-3-2-4-19-13(9)8-20-12-6-10(14(16,17)18)5-11(15)7-12/h2-7,20H,8H2,1H3. The highest BCUT2D eigenvalue weighted by molar-refractivity contribution is 9.10. The van der Waals surface area contributed by atoms with Gasteiger partial charge < -0.3 is 5.32 Å². The van der Waals surface area contributed by atoms with Crippen LogP contribution >= 0.6 is 15.9 Å². The van der Waals surface area contributed by atoms with Gasteiger partial charge in [-0.1, -0.05) is 22.0 Å². The quantitative estimate of drug-likeness (QED) is 0.866. The third-order valence-corrected chi connectivity index (χ3v) is 3.26. The Labute approximate surface area is 123 Å². The van der Waals surface area contributed by atoms with E-state index in [1.807, 2.05) is 19.1 Å². The molecule has 20 heavy (non-hydrogen) atoms. The summed E-state index contributed by atoms with van der Waals surface area (Å²) in [5.41, 5.74) is 1.51. The minimum Gasteiger partial charge on any atom is -0.379 e. The largest absolute Gasteiger partial charge is 0.416 e. The predicted octanol–water partition coefficient (Wildman–Crippen LogP) is 4.78. The fourth-order valence-electron chi connectivity index (χ4n) is 1.74. The number of anilines is 1. The van der Waals surface area contributed by atoms with E-state index in [0.29, 0.717) is 16.7 Å². The summed E-state index contributed by atoms with van der Waals surface area (Å²) in [4.78, 5) is 4.19. The van der Waals surface area contributed by atoms with Crippen LogP contribution in [-0.4, -0.2) is 4.98 Å². The number of alkyl halides is 3. The molecule has 0 atom stereocenters. The number of nitrogens with one attached hydrogen (secondary N) is 1. The summed E-state index contributed by atoms with van der Waals surface area (Å²) in [6.07, 6.45) is -2.70. The predicted molar refractivity (Wildman–Crippen MR) is 75.4 cm³/mol. The number of hydrogen-bond acceptors (Lipinski definition) is 2. The van der Waals surface area contributed by atoms with Crippen molar-refractivity contribution in [1.29, 1.82) is 0 Å². The van der Waals surface area contributed by atoms with Crippen LogP contribution in [0.15, 0.2) is 41.0 Å². The first-order valence-electron chi connectivity index (χ1n) is 5.88. The van der Waals surface area contributed by atoms with Gasteiger partial charge >= 0.3 is 6.18 Å². The van der Waals surface area contributed by atoms with E-state index in [4.69, 9.17) is 0 Å². The first-order valence-corrected chi connectivity index (χ1v) is 6.68. The van der Waals surface area contributed by atoms with Crippen LogP contribution < -0.4 is 5.32 Å². The van der Waals surface area contributed by atoms with Crippen molar-refractivity contribution in [3.8, 4) is 0 Å². The summed E-state index contributed by atoms with van der Waals surface area (Å²) < 4.78 is 38.5. The van der Waals surface area contributed by atoms with E-state index in [9.17, 15) is 13.2 Å². The lowest BCUT2D eigenvalue weighted by Crippen LogP contribution is -2.08. The minimum atomic E-state index is -4.36. The molecule has 1 heterocycles. The number of benzene rings is 1. The summed E-state index contributed by atoms with van der Waals surface area (Å²) in [6, 6.07) is 7.47. The van der Waals surface area contributed by atoms with Crippen LogP contribution in [0.3, 0.4) is 0 Å². The van der Waals surface area contributed by atoms with Crippen molar-refractivity contribution >= 4 is 21.6 Å². The highest BCUT2D eigenvalue weighted by Crippen LogP contribution is 2.33. The zero-order valence-corrected chi connectivity index (χ0v) is 12.2. The lowest BCUT2D eigenvalue weighted by molar-refractivity contribution is -0.137. The van der Waals surface area contributed by atoms with Gasteiger partial charge in [0, 0.05) is 16.4 Å². The first-order chi connectivity index (χ1) is 9.36. The average Bonchev–Trinajstić information content (AvgIpc) is 2.36. The Balaban J connectivity index is 2.18. The Morgan fingerprint density at radius 1 is 1.25 bits per heavy atom. The van der Waals surface area contributed by atoms with Crippen molar-refractivity contribution in [2.45, 2.75) is 19.6 Å². The average molecular weight is 345 g/mol. The molecule has 0 amide bonds. The maximum absolute atomic E-state index is 12.7. The fraction of sp³-hybridized carbons (Fsp3) is 0.214. The van der Waals surface area contributed by atoms with E-state index in [1.165, 1.54) is 0 Å². The van der Waals surface area contributed by atoms with E-state index in [1.54, 1.807) is 12.3 Å². The van der Waals surface area contributed by atoms with E-state index in [0.717, 1.165) is 23.4 Å². The second kappa shape index (κ2) is 5.83. The van der Waals surface area contributed by atoms with Crippen LogP contribution in [0.1, 0.15) is 16.8 Å². The number of hydrogen-bond donors (Lipinski definition) is 1. The van der Waals surface area contributed by atoms with E-state index in [-0.39, 0.29) is 0 Å². The molecular formula is C14H12BrF3N2. The highest BCUT2D eigenvalue weighted by atomic mass is 79.9. The lowest BCUT2D eigenvalue weighted by Gasteiger charge is -2.12. The molecule has 0 aliphatic carbocycles. The Hall–Kier alpha value is -1.56. The van der Waals surface area contributed by atoms with Gasteiger partial charge in [0.1, 0.15) is 0 Å². The minimum absolute atomic E-state index is 0.375. The third-order valence-electron chi connectivity index (χ3n) is 2.80. The van der Waals surface area contributed by atoms with E-state index in [2.05, 4.69) is 26.2 Å². The number of nitrogens with zero attached hydrogens (tertiary/aromatic N) is 1. The maximum Gasteiger partial charge on any atom is 0.416 e. The molecule has 2 nitrogen and oxygen atoms in total. The molecule has 1 N–H and O–H groups in total. The van der Waals surface area contributed by atoms with Crippen molar-refractivity contribution in [3.05, 3.63) is 57.8 Å². The smallest absolute Gasteiger partial charge is 0.379 e. The van der Waals surface area contributed by atoms with Crippen LogP contribution in [0.4, 0.5) is 18.9 Å². The van der Waals surface area contributed by atoms with Gasteiger partial charge in [0.2, 0.25) is 0 Å². The molecule has 106 valence electrons. The Bertz CT molecular complexity index is 612. The number of aryl methyl sites for hydroxylation is 1. The monoisotopic (exact) mass is 344 g/mol. The summed E-state index contributed by atoms with van der Waals surface area (Å²) in [6.45, 7) is 2.28. The molecule has 0 unspecified atom stereocenters. The number of aromatic nitrogens is 1. The summed E-state index contributed by atoms with van der Waals surface area (Å²) >= 11 is 3.09. The van der Waals surface area contributed by atoms with Crippen molar-refractivity contribution in [3.63, 3.8) is 0 Å². The molecule has 0 bridgehead atoms. The normalized spacial score (nSPS) is 11.4. The molecule has 2 rings (SSSR count). The van der Waals surface area contributed by atoms with Gasteiger partial charge in [-0.15, -0.1) is 0 Å². The molecule has 2 aromatic rings. The molecule has 6 heteroatoms.